The lowest BCUT2D eigenvalue weighted by Gasteiger charge is -2.26. The summed E-state index contributed by atoms with van der Waals surface area (Å²) in [6, 6.07) is 79.2. The van der Waals surface area contributed by atoms with Crippen molar-refractivity contribution in [2.45, 2.75) is 0 Å². The lowest BCUT2D eigenvalue weighted by Crippen LogP contribution is -2.10. The summed E-state index contributed by atoms with van der Waals surface area (Å²) in [7, 11) is 0. The van der Waals surface area contributed by atoms with Gasteiger partial charge in [-0.15, -0.1) is 0 Å². The number of hydrogen-bond donors (Lipinski definition) is 0. The zero-order chi connectivity index (χ0) is 40.0. The van der Waals surface area contributed by atoms with Crippen LogP contribution in [0.2, 0.25) is 0 Å². The first-order chi connectivity index (χ1) is 30.3. The molecular formula is C58H36N2O. The summed E-state index contributed by atoms with van der Waals surface area (Å²) in [4.78, 5) is 2.33. The fraction of sp³-hybridized carbons (Fsp3) is 0. The minimum Gasteiger partial charge on any atom is -0.456 e. The zero-order valence-corrected chi connectivity index (χ0v) is 33.1. The SMILES string of the molecule is c1ccc(-c2ccc(N(c3ccc(-n4c5ccccc5c5c6cccc7c6c(cc54)-c4ccccc4-c4ccccc4-7)cc3)c3ccc4c(c3)oc3ccccc34)cc2)cc1. The fourth-order valence-electron chi connectivity index (χ4n) is 10.0. The van der Waals surface area contributed by atoms with E-state index in [1.165, 1.54) is 77.1 Å². The Morgan fingerprint density at radius 3 is 1.61 bits per heavy atom. The normalized spacial score (nSPS) is 11.9. The smallest absolute Gasteiger partial charge is 0.137 e. The van der Waals surface area contributed by atoms with Gasteiger partial charge in [-0.3, -0.25) is 0 Å². The highest BCUT2D eigenvalue weighted by atomic mass is 16.3. The Morgan fingerprint density at radius 1 is 0.311 bits per heavy atom. The predicted octanol–water partition coefficient (Wildman–Crippen LogP) is 16.3. The Morgan fingerprint density at radius 2 is 0.852 bits per heavy atom. The minimum atomic E-state index is 0.867. The highest BCUT2D eigenvalue weighted by Crippen LogP contribution is 2.51. The van der Waals surface area contributed by atoms with E-state index in [-0.39, 0.29) is 0 Å². The Bertz CT molecular complexity index is 3690. The number of nitrogens with zero attached hydrogens (tertiary/aromatic N) is 2. The highest BCUT2D eigenvalue weighted by molar-refractivity contribution is 6.28. The molecule has 0 aliphatic heterocycles. The molecule has 0 saturated carbocycles. The van der Waals surface area contributed by atoms with E-state index in [0.717, 1.165) is 44.7 Å². The van der Waals surface area contributed by atoms with E-state index in [1.54, 1.807) is 0 Å². The summed E-state index contributed by atoms with van der Waals surface area (Å²) in [6.45, 7) is 0. The highest BCUT2D eigenvalue weighted by Gasteiger charge is 2.25. The first-order valence-electron chi connectivity index (χ1n) is 20.9. The first-order valence-corrected chi connectivity index (χ1v) is 20.9. The molecule has 0 spiro atoms. The molecule has 12 aromatic rings. The van der Waals surface area contributed by atoms with Gasteiger partial charge in [-0.1, -0.05) is 146 Å². The lowest BCUT2D eigenvalue weighted by molar-refractivity contribution is 0.669. The van der Waals surface area contributed by atoms with Crippen LogP contribution >= 0.6 is 0 Å². The maximum absolute atomic E-state index is 6.42. The second-order valence-corrected chi connectivity index (χ2v) is 16.0. The van der Waals surface area contributed by atoms with Crippen LogP contribution in [0.15, 0.2) is 223 Å². The minimum absolute atomic E-state index is 0.867. The molecule has 3 nitrogen and oxygen atoms in total. The molecule has 2 aromatic heterocycles. The third-order valence-electron chi connectivity index (χ3n) is 12.7. The fourth-order valence-corrected chi connectivity index (χ4v) is 10.0. The molecule has 0 amide bonds. The number of rotatable bonds is 5. The van der Waals surface area contributed by atoms with E-state index in [1.807, 2.05) is 12.1 Å². The molecule has 3 heteroatoms. The quantitative estimate of drug-likeness (QED) is 0.174. The average molecular weight is 777 g/mol. The van der Waals surface area contributed by atoms with Crippen molar-refractivity contribution in [3.05, 3.63) is 218 Å². The van der Waals surface area contributed by atoms with Crippen molar-refractivity contribution in [2.75, 3.05) is 4.90 Å². The van der Waals surface area contributed by atoms with Gasteiger partial charge in [0.2, 0.25) is 0 Å². The van der Waals surface area contributed by atoms with Gasteiger partial charge in [0.1, 0.15) is 11.2 Å². The monoisotopic (exact) mass is 776 g/mol. The number of para-hydroxylation sites is 2. The zero-order valence-electron chi connectivity index (χ0n) is 33.1. The van der Waals surface area contributed by atoms with Crippen molar-refractivity contribution in [2.24, 2.45) is 0 Å². The second kappa shape index (κ2) is 13.2. The molecule has 1 aliphatic rings. The van der Waals surface area contributed by atoms with Gasteiger partial charge >= 0.3 is 0 Å². The van der Waals surface area contributed by atoms with Crippen molar-refractivity contribution < 1.29 is 4.42 Å². The Balaban J connectivity index is 1.01. The summed E-state index contributed by atoms with van der Waals surface area (Å²) in [5.74, 6) is 0. The standard InChI is InChI=1S/C58H36N2O/c1-2-13-37(14-3-1)38-25-27-39(28-26-38)59(42-33-34-48-47-19-9-11-24-55(47)61-56(48)35-42)40-29-31-41(32-30-40)60-53-23-10-8-20-50(53)58-51-22-12-21-49-45-17-6-4-15-43(45)44-16-5-7-18-46(44)52(57(49)51)36-54(58)60/h1-36H. The van der Waals surface area contributed by atoms with Gasteiger partial charge in [-0.05, 0) is 122 Å². The van der Waals surface area contributed by atoms with Crippen LogP contribution in [0.5, 0.6) is 0 Å². The van der Waals surface area contributed by atoms with Gasteiger partial charge in [0.25, 0.3) is 0 Å². The van der Waals surface area contributed by atoms with Crippen LogP contribution in [-0.2, 0) is 0 Å². The average Bonchev–Trinajstić information content (AvgIpc) is 3.84. The molecule has 61 heavy (non-hydrogen) atoms. The van der Waals surface area contributed by atoms with Gasteiger partial charge < -0.3 is 13.9 Å². The van der Waals surface area contributed by atoms with Gasteiger partial charge in [0, 0.05) is 50.4 Å². The summed E-state index contributed by atoms with van der Waals surface area (Å²) < 4.78 is 8.88. The molecule has 1 aliphatic carbocycles. The molecule has 0 fully saturated rings. The second-order valence-electron chi connectivity index (χ2n) is 16.0. The number of benzene rings is 10. The summed E-state index contributed by atoms with van der Waals surface area (Å²) >= 11 is 0. The van der Waals surface area contributed by atoms with Crippen LogP contribution in [0.25, 0.3) is 105 Å². The van der Waals surface area contributed by atoms with Crippen LogP contribution in [0.4, 0.5) is 17.1 Å². The Kier molecular flexibility index (Phi) is 7.31. The van der Waals surface area contributed by atoms with E-state index in [0.29, 0.717) is 0 Å². The molecule has 0 unspecified atom stereocenters. The van der Waals surface area contributed by atoms with Gasteiger partial charge in [-0.2, -0.15) is 0 Å². The molecule has 0 radical (unpaired) electrons. The van der Waals surface area contributed by atoms with Crippen LogP contribution in [-0.4, -0.2) is 4.57 Å². The molecule has 10 aromatic carbocycles. The van der Waals surface area contributed by atoms with Crippen molar-refractivity contribution in [3.63, 3.8) is 0 Å². The number of aromatic nitrogens is 1. The van der Waals surface area contributed by atoms with Gasteiger partial charge in [-0.25, -0.2) is 0 Å². The van der Waals surface area contributed by atoms with Crippen molar-refractivity contribution in [3.8, 4) is 50.2 Å². The number of furan rings is 1. The topological polar surface area (TPSA) is 21.3 Å². The predicted molar refractivity (Wildman–Crippen MR) is 256 cm³/mol. The lowest BCUT2D eigenvalue weighted by atomic mass is 9.91. The molecule has 0 saturated heterocycles. The summed E-state index contributed by atoms with van der Waals surface area (Å²) in [6.07, 6.45) is 0. The first kappa shape index (κ1) is 33.8. The van der Waals surface area contributed by atoms with Gasteiger partial charge in [0.15, 0.2) is 0 Å². The van der Waals surface area contributed by atoms with Gasteiger partial charge in [0.05, 0.1) is 11.0 Å². The molecule has 0 atom stereocenters. The van der Waals surface area contributed by atoms with E-state index in [9.17, 15) is 0 Å². The molecule has 0 N–H and O–H groups in total. The van der Waals surface area contributed by atoms with E-state index >= 15 is 0 Å². The van der Waals surface area contributed by atoms with Crippen molar-refractivity contribution in [1.29, 1.82) is 0 Å². The van der Waals surface area contributed by atoms with E-state index in [4.69, 9.17) is 4.42 Å². The number of anilines is 3. The number of fused-ring (bicyclic) bond motifs is 12. The number of hydrogen-bond acceptors (Lipinski definition) is 2. The third-order valence-corrected chi connectivity index (χ3v) is 12.7. The van der Waals surface area contributed by atoms with Crippen LogP contribution in [0.1, 0.15) is 0 Å². The van der Waals surface area contributed by atoms with E-state index in [2.05, 4.69) is 216 Å². The largest absolute Gasteiger partial charge is 0.456 e. The molecule has 13 rings (SSSR count). The summed E-state index contributed by atoms with van der Waals surface area (Å²) in [5, 5.41) is 7.34. The van der Waals surface area contributed by atoms with Crippen molar-refractivity contribution in [1.82, 2.24) is 4.57 Å². The maximum Gasteiger partial charge on any atom is 0.137 e. The molecule has 0 bridgehead atoms. The Hall–Kier alpha value is -8.14. The van der Waals surface area contributed by atoms with Crippen molar-refractivity contribution >= 4 is 71.6 Å². The van der Waals surface area contributed by atoms with E-state index < -0.39 is 0 Å². The molecule has 284 valence electrons. The van der Waals surface area contributed by atoms with Crippen LogP contribution in [0, 0.1) is 0 Å². The summed E-state index contributed by atoms with van der Waals surface area (Å²) in [5.41, 5.74) is 18.4. The maximum atomic E-state index is 6.42. The van der Waals surface area contributed by atoms with Crippen LogP contribution in [0.3, 0.4) is 0 Å². The third kappa shape index (κ3) is 5.11. The Labute approximate surface area is 352 Å². The molecule has 2 heterocycles. The van der Waals surface area contributed by atoms with Crippen LogP contribution < -0.4 is 4.90 Å². The molecular weight excluding hydrogens is 741 g/mol.